The molecule has 0 aliphatic carbocycles. The van der Waals surface area contributed by atoms with Crippen molar-refractivity contribution in [3.8, 4) is 11.3 Å². The highest BCUT2D eigenvalue weighted by atomic mass is 35.5. The fraction of sp³-hybridized carbons (Fsp3) is 0.167. The van der Waals surface area contributed by atoms with Gasteiger partial charge in [-0.25, -0.2) is 4.79 Å². The Morgan fingerprint density at radius 1 is 1.12 bits per heavy atom. The van der Waals surface area contributed by atoms with Crippen LogP contribution in [0.25, 0.3) is 11.3 Å². The van der Waals surface area contributed by atoms with Crippen LogP contribution in [0.4, 0.5) is 0 Å². The molecule has 2 aromatic heterocycles. The molecule has 6 heteroatoms. The number of methoxy groups -OCH3 is 1. The highest BCUT2D eigenvalue weighted by Crippen LogP contribution is 2.23. The van der Waals surface area contributed by atoms with E-state index in [1.165, 1.54) is 12.0 Å². The van der Waals surface area contributed by atoms with Crippen LogP contribution in [0.5, 0.6) is 0 Å². The molecule has 2 heterocycles. The van der Waals surface area contributed by atoms with E-state index in [4.69, 9.17) is 9.15 Å². The summed E-state index contributed by atoms with van der Waals surface area (Å²) >= 11 is 1.73. The Bertz CT molecular complexity index is 766. The van der Waals surface area contributed by atoms with Crippen molar-refractivity contribution in [1.29, 1.82) is 0 Å². The van der Waals surface area contributed by atoms with Gasteiger partial charge in [-0.05, 0) is 35.7 Å². The van der Waals surface area contributed by atoms with Gasteiger partial charge in [0.15, 0.2) is 0 Å². The summed E-state index contributed by atoms with van der Waals surface area (Å²) in [5, 5.41) is 5.43. The number of furan rings is 1. The number of rotatable bonds is 6. The number of carbonyl (C=O) groups is 1. The number of halogens is 1. The van der Waals surface area contributed by atoms with E-state index in [9.17, 15) is 4.79 Å². The first kappa shape index (κ1) is 18.3. The van der Waals surface area contributed by atoms with Crippen molar-refractivity contribution in [2.45, 2.75) is 13.1 Å². The van der Waals surface area contributed by atoms with E-state index in [1.807, 2.05) is 30.3 Å². The molecule has 0 aliphatic rings. The quantitative estimate of drug-likeness (QED) is 0.655. The maximum Gasteiger partial charge on any atom is 0.337 e. The Labute approximate surface area is 150 Å². The minimum atomic E-state index is -0.338. The number of benzene rings is 1. The van der Waals surface area contributed by atoms with Gasteiger partial charge in [-0.1, -0.05) is 18.2 Å². The first-order valence-corrected chi connectivity index (χ1v) is 8.15. The summed E-state index contributed by atoms with van der Waals surface area (Å²) in [6, 6.07) is 15.2. The van der Waals surface area contributed by atoms with Gasteiger partial charge < -0.3 is 14.5 Å². The molecule has 4 nitrogen and oxygen atoms in total. The van der Waals surface area contributed by atoms with Gasteiger partial charge in [0.1, 0.15) is 11.5 Å². The molecule has 0 atom stereocenters. The standard InChI is InChI=1S/C18H17NO3S.ClH/c1-21-18(20)14-6-4-13(5-7-14)17-9-8-15(22-17)11-19-12-16-3-2-10-23-16;/h2-10,19H,11-12H2,1H3;1H. The molecule has 0 spiro atoms. The molecular weight excluding hydrogens is 346 g/mol. The number of hydrogen-bond acceptors (Lipinski definition) is 5. The van der Waals surface area contributed by atoms with Crippen LogP contribution in [0, 0.1) is 0 Å². The van der Waals surface area contributed by atoms with Crippen molar-refractivity contribution in [3.05, 3.63) is 70.1 Å². The second-order valence-electron chi connectivity index (χ2n) is 5.02. The maximum atomic E-state index is 11.4. The third-order valence-electron chi connectivity index (χ3n) is 3.43. The van der Waals surface area contributed by atoms with Crippen LogP contribution >= 0.6 is 23.7 Å². The molecule has 0 saturated heterocycles. The fourth-order valence-corrected chi connectivity index (χ4v) is 2.91. The van der Waals surface area contributed by atoms with Crippen LogP contribution in [0.1, 0.15) is 21.0 Å². The van der Waals surface area contributed by atoms with Crippen molar-refractivity contribution < 1.29 is 13.9 Å². The predicted molar refractivity (Wildman–Crippen MR) is 97.6 cm³/mol. The summed E-state index contributed by atoms with van der Waals surface area (Å²) in [6.07, 6.45) is 0. The van der Waals surface area contributed by atoms with E-state index in [2.05, 4.69) is 16.8 Å². The van der Waals surface area contributed by atoms with Gasteiger partial charge in [0, 0.05) is 17.0 Å². The number of ether oxygens (including phenoxy) is 1. The van der Waals surface area contributed by atoms with Crippen LogP contribution in [-0.4, -0.2) is 13.1 Å². The highest BCUT2D eigenvalue weighted by Gasteiger charge is 2.08. The van der Waals surface area contributed by atoms with Crippen LogP contribution in [-0.2, 0) is 17.8 Å². The van der Waals surface area contributed by atoms with Gasteiger partial charge >= 0.3 is 5.97 Å². The SMILES string of the molecule is COC(=O)c1ccc(-c2ccc(CNCc3cccs3)o2)cc1.Cl. The van der Waals surface area contributed by atoms with Gasteiger partial charge in [0.25, 0.3) is 0 Å². The number of thiophene rings is 1. The van der Waals surface area contributed by atoms with Crippen molar-refractivity contribution in [3.63, 3.8) is 0 Å². The van der Waals surface area contributed by atoms with Gasteiger partial charge in [-0.2, -0.15) is 0 Å². The number of nitrogens with one attached hydrogen (secondary N) is 1. The molecule has 0 aliphatic heterocycles. The predicted octanol–water partition coefficient (Wildman–Crippen LogP) is 4.51. The molecule has 1 aromatic carbocycles. The van der Waals surface area contributed by atoms with E-state index in [1.54, 1.807) is 23.5 Å². The Morgan fingerprint density at radius 3 is 2.58 bits per heavy atom. The second-order valence-corrected chi connectivity index (χ2v) is 6.05. The van der Waals surface area contributed by atoms with E-state index in [0.717, 1.165) is 23.6 Å². The van der Waals surface area contributed by atoms with Crippen molar-refractivity contribution in [1.82, 2.24) is 5.32 Å². The average molecular weight is 364 g/mol. The zero-order chi connectivity index (χ0) is 16.1. The summed E-state index contributed by atoms with van der Waals surface area (Å²) in [5.41, 5.74) is 1.46. The second kappa shape index (κ2) is 8.68. The molecule has 126 valence electrons. The first-order chi connectivity index (χ1) is 11.3. The number of esters is 1. The summed E-state index contributed by atoms with van der Waals surface area (Å²) in [6.45, 7) is 1.51. The third kappa shape index (κ3) is 4.47. The highest BCUT2D eigenvalue weighted by molar-refractivity contribution is 7.09. The average Bonchev–Trinajstić information content (AvgIpc) is 3.26. The largest absolute Gasteiger partial charge is 0.465 e. The molecule has 1 N–H and O–H groups in total. The lowest BCUT2D eigenvalue weighted by Gasteiger charge is -2.02. The zero-order valence-corrected chi connectivity index (χ0v) is 14.8. The van der Waals surface area contributed by atoms with Crippen molar-refractivity contribution >= 4 is 29.7 Å². The van der Waals surface area contributed by atoms with E-state index in [0.29, 0.717) is 12.1 Å². The van der Waals surface area contributed by atoms with Gasteiger partial charge in [-0.3, -0.25) is 0 Å². The molecule has 0 bridgehead atoms. The molecule has 3 aromatic rings. The third-order valence-corrected chi connectivity index (χ3v) is 4.31. The molecule has 0 unspecified atom stereocenters. The fourth-order valence-electron chi connectivity index (χ4n) is 2.24. The Kier molecular flexibility index (Phi) is 6.61. The van der Waals surface area contributed by atoms with E-state index < -0.39 is 0 Å². The lowest BCUT2D eigenvalue weighted by Crippen LogP contribution is -2.10. The Morgan fingerprint density at radius 2 is 1.92 bits per heavy atom. The van der Waals surface area contributed by atoms with Gasteiger partial charge in [0.2, 0.25) is 0 Å². The Balaban J connectivity index is 0.00000208. The summed E-state index contributed by atoms with van der Waals surface area (Å²) in [4.78, 5) is 12.7. The van der Waals surface area contributed by atoms with Crippen LogP contribution in [0.15, 0.2) is 58.3 Å². The molecule has 24 heavy (non-hydrogen) atoms. The Hall–Kier alpha value is -2.08. The van der Waals surface area contributed by atoms with Crippen LogP contribution < -0.4 is 5.32 Å². The molecule has 3 rings (SSSR count). The minimum absolute atomic E-state index is 0. The lowest BCUT2D eigenvalue weighted by molar-refractivity contribution is 0.0601. The monoisotopic (exact) mass is 363 g/mol. The topological polar surface area (TPSA) is 51.5 Å². The van der Waals surface area contributed by atoms with E-state index in [-0.39, 0.29) is 18.4 Å². The molecular formula is C18H18ClNO3S. The lowest BCUT2D eigenvalue weighted by atomic mass is 10.1. The van der Waals surface area contributed by atoms with Crippen molar-refractivity contribution in [2.75, 3.05) is 7.11 Å². The number of carbonyl (C=O) groups excluding carboxylic acids is 1. The smallest absolute Gasteiger partial charge is 0.337 e. The first-order valence-electron chi connectivity index (χ1n) is 7.27. The van der Waals surface area contributed by atoms with Gasteiger partial charge in [-0.15, -0.1) is 23.7 Å². The maximum absolute atomic E-state index is 11.4. The van der Waals surface area contributed by atoms with E-state index >= 15 is 0 Å². The molecule has 0 amide bonds. The summed E-state index contributed by atoms with van der Waals surface area (Å²) in [7, 11) is 1.37. The molecule has 0 saturated carbocycles. The van der Waals surface area contributed by atoms with Crippen LogP contribution in [0.2, 0.25) is 0 Å². The van der Waals surface area contributed by atoms with Crippen molar-refractivity contribution in [2.24, 2.45) is 0 Å². The van der Waals surface area contributed by atoms with Crippen LogP contribution in [0.3, 0.4) is 0 Å². The zero-order valence-electron chi connectivity index (χ0n) is 13.2. The normalized spacial score (nSPS) is 10.2. The van der Waals surface area contributed by atoms with Gasteiger partial charge in [0.05, 0.1) is 19.2 Å². The minimum Gasteiger partial charge on any atom is -0.465 e. The molecule has 0 fully saturated rings. The number of hydrogen-bond donors (Lipinski definition) is 1. The summed E-state index contributed by atoms with van der Waals surface area (Å²) in [5.74, 6) is 1.33. The molecule has 0 radical (unpaired) electrons. The summed E-state index contributed by atoms with van der Waals surface area (Å²) < 4.78 is 10.5.